The molecule has 0 aliphatic heterocycles. The van der Waals surface area contributed by atoms with Crippen molar-refractivity contribution in [2.24, 2.45) is 0 Å². The molecule has 0 aliphatic carbocycles. The Morgan fingerprint density at radius 3 is 1.44 bits per heavy atom. The number of hydrogen-bond donors (Lipinski definition) is 0. The zero-order chi connectivity index (χ0) is 28.6. The fourth-order valence-corrected chi connectivity index (χ4v) is 5.51. The second kappa shape index (κ2) is 10.5. The van der Waals surface area contributed by atoms with Crippen LogP contribution in [0.3, 0.4) is 0 Å². The summed E-state index contributed by atoms with van der Waals surface area (Å²) in [5.41, 5.74) is 7.98. The quantitative estimate of drug-likeness (QED) is 0.214. The number of rotatable bonds is 5. The Morgan fingerprint density at radius 2 is 0.884 bits per heavy atom. The van der Waals surface area contributed by atoms with Crippen LogP contribution in [-0.4, -0.2) is 24.6 Å². The van der Waals surface area contributed by atoms with E-state index < -0.39 is 0 Å². The first-order chi connectivity index (χ1) is 21.3. The second-order valence-electron chi connectivity index (χ2n) is 10.4. The molecule has 5 heteroatoms. The SMILES string of the molecule is c1ccc(-c2cc3c4cc(-c5nc(-c6ccccc6)nc(-c6ccccc6)n5)ccc4cc(-c4ccccc4)n3n2)cc1. The van der Waals surface area contributed by atoms with Gasteiger partial charge in [-0.3, -0.25) is 0 Å². The minimum absolute atomic E-state index is 0.627. The van der Waals surface area contributed by atoms with Gasteiger partial charge in [0.2, 0.25) is 0 Å². The summed E-state index contributed by atoms with van der Waals surface area (Å²) in [5, 5.41) is 7.29. The summed E-state index contributed by atoms with van der Waals surface area (Å²) < 4.78 is 2.06. The summed E-state index contributed by atoms with van der Waals surface area (Å²) in [6.45, 7) is 0. The molecule has 3 aromatic heterocycles. The van der Waals surface area contributed by atoms with Gasteiger partial charge in [0, 0.05) is 33.2 Å². The van der Waals surface area contributed by atoms with Crippen molar-refractivity contribution < 1.29 is 0 Å². The van der Waals surface area contributed by atoms with Crippen LogP contribution in [0.1, 0.15) is 0 Å². The maximum absolute atomic E-state index is 5.09. The molecule has 8 rings (SSSR count). The molecule has 3 heterocycles. The smallest absolute Gasteiger partial charge is 0.164 e. The van der Waals surface area contributed by atoms with E-state index in [4.69, 9.17) is 20.1 Å². The van der Waals surface area contributed by atoms with E-state index in [1.807, 2.05) is 84.9 Å². The number of fused-ring (bicyclic) bond motifs is 3. The van der Waals surface area contributed by atoms with Crippen molar-refractivity contribution in [3.63, 3.8) is 0 Å². The van der Waals surface area contributed by atoms with Crippen LogP contribution >= 0.6 is 0 Å². The van der Waals surface area contributed by atoms with Crippen LogP contribution in [0.4, 0.5) is 0 Å². The molecule has 0 bridgehead atoms. The van der Waals surface area contributed by atoms with E-state index in [-0.39, 0.29) is 0 Å². The lowest BCUT2D eigenvalue weighted by Crippen LogP contribution is -2.00. The van der Waals surface area contributed by atoms with Crippen LogP contribution in [0.2, 0.25) is 0 Å². The fourth-order valence-electron chi connectivity index (χ4n) is 5.51. The van der Waals surface area contributed by atoms with E-state index in [0.29, 0.717) is 17.5 Å². The normalized spacial score (nSPS) is 11.3. The maximum atomic E-state index is 5.09. The van der Waals surface area contributed by atoms with E-state index in [9.17, 15) is 0 Å². The fraction of sp³-hybridized carbons (Fsp3) is 0. The Morgan fingerprint density at radius 1 is 0.395 bits per heavy atom. The molecular weight excluding hydrogens is 526 g/mol. The Hall–Kier alpha value is -5.94. The molecule has 0 N–H and O–H groups in total. The Bertz CT molecular complexity index is 2150. The van der Waals surface area contributed by atoms with E-state index in [1.165, 1.54) is 0 Å². The molecule has 0 radical (unpaired) electrons. The molecular formula is C38H25N5. The van der Waals surface area contributed by atoms with Gasteiger partial charge in [0.25, 0.3) is 0 Å². The van der Waals surface area contributed by atoms with Crippen molar-refractivity contribution in [1.29, 1.82) is 0 Å². The molecule has 43 heavy (non-hydrogen) atoms. The Labute approximate surface area is 248 Å². The van der Waals surface area contributed by atoms with Gasteiger partial charge in [-0.25, -0.2) is 19.5 Å². The minimum atomic E-state index is 0.627. The molecule has 0 saturated heterocycles. The zero-order valence-corrected chi connectivity index (χ0v) is 23.2. The molecule has 0 fully saturated rings. The summed E-state index contributed by atoms with van der Waals surface area (Å²) >= 11 is 0. The lowest BCUT2D eigenvalue weighted by atomic mass is 10.0. The maximum Gasteiger partial charge on any atom is 0.164 e. The average molecular weight is 552 g/mol. The van der Waals surface area contributed by atoms with Gasteiger partial charge in [0.15, 0.2) is 17.5 Å². The van der Waals surface area contributed by atoms with Gasteiger partial charge in [-0.1, -0.05) is 133 Å². The van der Waals surface area contributed by atoms with E-state index >= 15 is 0 Å². The summed E-state index contributed by atoms with van der Waals surface area (Å²) in [6, 6.07) is 51.6. The van der Waals surface area contributed by atoms with Gasteiger partial charge in [-0.2, -0.15) is 5.10 Å². The van der Waals surface area contributed by atoms with Gasteiger partial charge in [-0.15, -0.1) is 0 Å². The predicted molar refractivity (Wildman–Crippen MR) is 173 cm³/mol. The van der Waals surface area contributed by atoms with Gasteiger partial charge in [0.05, 0.1) is 16.9 Å². The third-order valence-corrected chi connectivity index (χ3v) is 7.66. The molecule has 202 valence electrons. The largest absolute Gasteiger partial charge is 0.232 e. The lowest BCUT2D eigenvalue weighted by molar-refractivity contribution is 0.979. The summed E-state index contributed by atoms with van der Waals surface area (Å²) in [7, 11) is 0. The molecule has 5 nitrogen and oxygen atoms in total. The Balaban J connectivity index is 1.36. The van der Waals surface area contributed by atoms with Crippen LogP contribution in [0.15, 0.2) is 152 Å². The molecule has 0 saturated carbocycles. The first kappa shape index (κ1) is 24.8. The topological polar surface area (TPSA) is 56.0 Å². The molecule has 0 aliphatic rings. The predicted octanol–water partition coefficient (Wildman–Crippen LogP) is 9.01. The van der Waals surface area contributed by atoms with Gasteiger partial charge in [-0.05, 0) is 23.6 Å². The highest BCUT2D eigenvalue weighted by Crippen LogP contribution is 2.34. The van der Waals surface area contributed by atoms with E-state index in [2.05, 4.69) is 71.2 Å². The summed E-state index contributed by atoms with van der Waals surface area (Å²) in [5.74, 6) is 1.91. The highest BCUT2D eigenvalue weighted by Gasteiger charge is 2.16. The third kappa shape index (κ3) is 4.63. The minimum Gasteiger partial charge on any atom is -0.232 e. The molecule has 0 spiro atoms. The van der Waals surface area contributed by atoms with Crippen LogP contribution in [0.5, 0.6) is 0 Å². The number of pyridine rings is 1. The summed E-state index contributed by atoms with van der Waals surface area (Å²) in [6.07, 6.45) is 0. The lowest BCUT2D eigenvalue weighted by Gasteiger charge is -2.11. The van der Waals surface area contributed by atoms with E-state index in [1.54, 1.807) is 0 Å². The van der Waals surface area contributed by atoms with Crippen molar-refractivity contribution >= 4 is 16.3 Å². The Kier molecular flexibility index (Phi) is 6.05. The number of hydrogen-bond acceptors (Lipinski definition) is 4. The number of aromatic nitrogens is 5. The first-order valence-electron chi connectivity index (χ1n) is 14.2. The van der Waals surface area contributed by atoms with Crippen molar-refractivity contribution in [3.05, 3.63) is 152 Å². The number of nitrogens with zero attached hydrogens (tertiary/aromatic N) is 5. The number of benzene rings is 5. The standard InChI is InChI=1S/C38H25N5/c1-5-13-26(14-6-1)33-25-35-32-23-31(22-21-30(32)24-34(43(35)42-33)27-15-7-2-8-16-27)38-40-36(28-17-9-3-10-18-28)39-37(41-38)29-19-11-4-12-20-29/h1-25H. The van der Waals surface area contributed by atoms with Crippen LogP contribution < -0.4 is 0 Å². The van der Waals surface area contributed by atoms with Crippen molar-refractivity contribution in [3.8, 4) is 56.7 Å². The first-order valence-corrected chi connectivity index (χ1v) is 14.2. The zero-order valence-electron chi connectivity index (χ0n) is 23.2. The molecule has 0 unspecified atom stereocenters. The van der Waals surface area contributed by atoms with Crippen molar-refractivity contribution in [2.45, 2.75) is 0 Å². The van der Waals surface area contributed by atoms with Gasteiger partial charge < -0.3 is 0 Å². The van der Waals surface area contributed by atoms with Gasteiger partial charge >= 0.3 is 0 Å². The average Bonchev–Trinajstić information content (AvgIpc) is 3.55. The highest BCUT2D eigenvalue weighted by atomic mass is 15.2. The third-order valence-electron chi connectivity index (χ3n) is 7.66. The molecule has 0 atom stereocenters. The van der Waals surface area contributed by atoms with Gasteiger partial charge in [0.1, 0.15) is 0 Å². The van der Waals surface area contributed by atoms with Crippen LogP contribution in [0, 0.1) is 0 Å². The monoisotopic (exact) mass is 551 g/mol. The van der Waals surface area contributed by atoms with E-state index in [0.717, 1.165) is 55.5 Å². The molecule has 8 aromatic rings. The molecule has 5 aromatic carbocycles. The van der Waals surface area contributed by atoms with Crippen molar-refractivity contribution in [1.82, 2.24) is 24.6 Å². The second-order valence-corrected chi connectivity index (χ2v) is 10.4. The summed E-state index contributed by atoms with van der Waals surface area (Å²) in [4.78, 5) is 14.8. The van der Waals surface area contributed by atoms with Crippen LogP contribution in [0.25, 0.3) is 73.0 Å². The highest BCUT2D eigenvalue weighted by molar-refractivity contribution is 6.01. The van der Waals surface area contributed by atoms with Crippen LogP contribution in [-0.2, 0) is 0 Å². The van der Waals surface area contributed by atoms with Crippen molar-refractivity contribution in [2.75, 3.05) is 0 Å². The molecule has 0 amide bonds.